The summed E-state index contributed by atoms with van der Waals surface area (Å²) in [5, 5.41) is 4.21. The third-order valence-electron chi connectivity index (χ3n) is 2.94. The van der Waals surface area contributed by atoms with Crippen molar-refractivity contribution in [3.63, 3.8) is 0 Å². The topological polar surface area (TPSA) is 53.1 Å². The van der Waals surface area contributed by atoms with Crippen molar-refractivity contribution in [3.8, 4) is 11.6 Å². The summed E-state index contributed by atoms with van der Waals surface area (Å²) < 4.78 is 45.2. The van der Waals surface area contributed by atoms with Gasteiger partial charge in [-0.1, -0.05) is 13.0 Å². The first-order chi connectivity index (χ1) is 9.82. The second kappa shape index (κ2) is 5.67. The summed E-state index contributed by atoms with van der Waals surface area (Å²) in [6.07, 6.45) is -3.61. The van der Waals surface area contributed by atoms with Gasteiger partial charge >= 0.3 is 6.18 Å². The first-order valence-corrected chi connectivity index (χ1v) is 6.51. The number of alkyl halides is 3. The van der Waals surface area contributed by atoms with Crippen LogP contribution in [0.3, 0.4) is 0 Å². The quantitative estimate of drug-likeness (QED) is 0.928. The lowest BCUT2D eigenvalue weighted by molar-refractivity contribution is -0.137. The molecule has 0 amide bonds. The highest BCUT2D eigenvalue weighted by Gasteiger charge is 2.30. The molecular formula is C14H16F3N3O. The van der Waals surface area contributed by atoms with E-state index in [4.69, 9.17) is 10.5 Å². The number of hydrogen-bond acceptors (Lipinski definition) is 3. The van der Waals surface area contributed by atoms with Crippen molar-refractivity contribution >= 4 is 5.69 Å². The Morgan fingerprint density at radius 2 is 2.05 bits per heavy atom. The second-order valence-electron chi connectivity index (χ2n) is 4.66. The van der Waals surface area contributed by atoms with Gasteiger partial charge in [-0.05, 0) is 31.5 Å². The molecule has 0 saturated carbocycles. The minimum atomic E-state index is -4.41. The molecule has 21 heavy (non-hydrogen) atoms. The van der Waals surface area contributed by atoms with Gasteiger partial charge < -0.3 is 10.5 Å². The summed E-state index contributed by atoms with van der Waals surface area (Å²) in [7, 11) is 0. The summed E-state index contributed by atoms with van der Waals surface area (Å²) in [6.45, 7) is 4.26. The number of nitrogens with two attached hydrogens (primary N) is 1. The number of hydrogen-bond donors (Lipinski definition) is 1. The number of anilines is 1. The largest absolute Gasteiger partial charge is 0.437 e. The van der Waals surface area contributed by atoms with Crippen LogP contribution in [0, 0.1) is 6.92 Å². The van der Waals surface area contributed by atoms with Gasteiger partial charge in [0.1, 0.15) is 11.4 Å². The van der Waals surface area contributed by atoms with Crippen molar-refractivity contribution in [2.24, 2.45) is 0 Å². The molecule has 2 rings (SSSR count). The third kappa shape index (κ3) is 3.29. The highest BCUT2D eigenvalue weighted by atomic mass is 19.4. The fraction of sp³-hybridized carbons (Fsp3) is 0.357. The highest BCUT2D eigenvalue weighted by molar-refractivity contribution is 5.54. The molecule has 0 unspecified atom stereocenters. The Balaban J connectivity index is 2.34. The van der Waals surface area contributed by atoms with E-state index in [1.54, 1.807) is 11.6 Å². The van der Waals surface area contributed by atoms with Gasteiger partial charge in [-0.25, -0.2) is 4.68 Å². The number of aromatic nitrogens is 2. The predicted molar refractivity (Wildman–Crippen MR) is 73.2 cm³/mol. The van der Waals surface area contributed by atoms with Crippen molar-refractivity contribution in [2.75, 3.05) is 5.73 Å². The lowest BCUT2D eigenvalue weighted by Gasteiger charge is -2.11. The van der Waals surface area contributed by atoms with E-state index in [-0.39, 0.29) is 11.6 Å². The van der Waals surface area contributed by atoms with E-state index < -0.39 is 11.7 Å². The van der Waals surface area contributed by atoms with Crippen molar-refractivity contribution in [1.82, 2.24) is 9.78 Å². The van der Waals surface area contributed by atoms with Crippen molar-refractivity contribution < 1.29 is 17.9 Å². The smallest absolute Gasteiger partial charge is 0.416 e. The van der Waals surface area contributed by atoms with E-state index in [1.165, 1.54) is 12.1 Å². The zero-order valence-corrected chi connectivity index (χ0v) is 11.7. The van der Waals surface area contributed by atoms with Crippen LogP contribution in [-0.2, 0) is 12.7 Å². The van der Waals surface area contributed by atoms with Gasteiger partial charge in [0.05, 0.1) is 11.3 Å². The number of aryl methyl sites for hydroxylation is 2. The maximum Gasteiger partial charge on any atom is 0.416 e. The monoisotopic (exact) mass is 299 g/mol. The predicted octanol–water partition coefficient (Wildman–Crippen LogP) is 3.99. The number of benzene rings is 1. The van der Waals surface area contributed by atoms with Gasteiger partial charge in [0, 0.05) is 6.54 Å². The molecule has 0 aliphatic carbocycles. The summed E-state index contributed by atoms with van der Waals surface area (Å²) in [5.74, 6) is 0.349. The van der Waals surface area contributed by atoms with Crippen LogP contribution in [0.25, 0.3) is 0 Å². The lowest BCUT2D eigenvalue weighted by Crippen LogP contribution is -2.06. The fourth-order valence-corrected chi connectivity index (χ4v) is 1.89. The van der Waals surface area contributed by atoms with Crippen LogP contribution in [-0.4, -0.2) is 9.78 Å². The molecule has 1 aromatic heterocycles. The second-order valence-corrected chi connectivity index (χ2v) is 4.66. The Morgan fingerprint density at radius 1 is 1.33 bits per heavy atom. The van der Waals surface area contributed by atoms with Crippen molar-refractivity contribution in [1.29, 1.82) is 0 Å². The maximum absolute atomic E-state index is 12.7. The molecule has 0 aliphatic heterocycles. The number of rotatable bonds is 4. The molecule has 7 heteroatoms. The molecule has 0 radical (unpaired) electrons. The van der Waals surface area contributed by atoms with Gasteiger partial charge in [-0.2, -0.15) is 18.3 Å². The fourth-order valence-electron chi connectivity index (χ4n) is 1.89. The van der Waals surface area contributed by atoms with Gasteiger partial charge in [0.15, 0.2) is 0 Å². The van der Waals surface area contributed by atoms with Crippen LogP contribution in [0.2, 0.25) is 0 Å². The molecule has 0 spiro atoms. The van der Waals surface area contributed by atoms with Crippen LogP contribution in [0.15, 0.2) is 24.3 Å². The molecular weight excluding hydrogens is 283 g/mol. The number of nitrogens with zero attached hydrogens (tertiary/aromatic N) is 2. The molecule has 0 fully saturated rings. The first-order valence-electron chi connectivity index (χ1n) is 6.51. The third-order valence-corrected chi connectivity index (χ3v) is 2.94. The van der Waals surface area contributed by atoms with E-state index in [0.29, 0.717) is 17.9 Å². The normalized spacial score (nSPS) is 11.7. The van der Waals surface area contributed by atoms with Crippen LogP contribution in [0.5, 0.6) is 11.6 Å². The summed E-state index contributed by atoms with van der Waals surface area (Å²) in [6, 6.07) is 4.68. The molecule has 0 atom stereocenters. The number of nitrogen functional groups attached to an aromatic ring is 1. The molecule has 4 nitrogen and oxygen atoms in total. The minimum absolute atomic E-state index is 0.0776. The number of halogens is 3. The standard InChI is InChI=1S/C14H16F3N3O/c1-3-7-20-13(12(18)9(2)19-20)21-11-6-4-5-10(8-11)14(15,16)17/h4-6,8H,3,7,18H2,1-2H3. The van der Waals surface area contributed by atoms with E-state index in [0.717, 1.165) is 18.6 Å². The zero-order chi connectivity index (χ0) is 15.6. The van der Waals surface area contributed by atoms with Crippen LogP contribution < -0.4 is 10.5 Å². The molecule has 114 valence electrons. The van der Waals surface area contributed by atoms with E-state index in [2.05, 4.69) is 5.10 Å². The highest BCUT2D eigenvalue weighted by Crippen LogP contribution is 2.34. The Hall–Kier alpha value is -2.18. The molecule has 1 heterocycles. The Labute approximate surface area is 120 Å². The molecule has 0 bridgehead atoms. The van der Waals surface area contributed by atoms with Crippen LogP contribution >= 0.6 is 0 Å². The molecule has 0 saturated heterocycles. The molecule has 2 N–H and O–H groups in total. The average Bonchev–Trinajstić information content (AvgIpc) is 2.67. The summed E-state index contributed by atoms with van der Waals surface area (Å²) in [5.41, 5.74) is 6.03. The Bertz CT molecular complexity index is 635. The van der Waals surface area contributed by atoms with Crippen molar-refractivity contribution in [2.45, 2.75) is 33.0 Å². The summed E-state index contributed by atoms with van der Waals surface area (Å²) in [4.78, 5) is 0. The number of ether oxygens (including phenoxy) is 1. The van der Waals surface area contributed by atoms with E-state index in [1.807, 2.05) is 6.92 Å². The maximum atomic E-state index is 12.7. The van der Waals surface area contributed by atoms with E-state index in [9.17, 15) is 13.2 Å². The molecule has 2 aromatic rings. The first kappa shape index (κ1) is 15.2. The lowest BCUT2D eigenvalue weighted by atomic mass is 10.2. The minimum Gasteiger partial charge on any atom is -0.437 e. The van der Waals surface area contributed by atoms with Crippen LogP contribution in [0.1, 0.15) is 24.6 Å². The Kier molecular flexibility index (Phi) is 4.11. The molecule has 0 aliphatic rings. The summed E-state index contributed by atoms with van der Waals surface area (Å²) >= 11 is 0. The van der Waals surface area contributed by atoms with Gasteiger partial charge in [0.2, 0.25) is 5.88 Å². The van der Waals surface area contributed by atoms with Gasteiger partial charge in [-0.15, -0.1) is 0 Å². The van der Waals surface area contributed by atoms with Crippen LogP contribution in [0.4, 0.5) is 18.9 Å². The molecule has 1 aromatic carbocycles. The van der Waals surface area contributed by atoms with Gasteiger partial charge in [0.25, 0.3) is 0 Å². The van der Waals surface area contributed by atoms with Gasteiger partial charge in [-0.3, -0.25) is 0 Å². The Morgan fingerprint density at radius 3 is 2.67 bits per heavy atom. The zero-order valence-electron chi connectivity index (χ0n) is 11.7. The van der Waals surface area contributed by atoms with E-state index >= 15 is 0 Å². The van der Waals surface area contributed by atoms with Crippen molar-refractivity contribution in [3.05, 3.63) is 35.5 Å². The average molecular weight is 299 g/mol. The SMILES string of the molecule is CCCn1nc(C)c(N)c1Oc1cccc(C(F)(F)F)c1.